The maximum atomic E-state index is 12.5. The molecular weight excluding hydrogens is 424 g/mol. The number of benzene rings is 2. The molecule has 6 nitrogen and oxygen atoms in total. The van der Waals surface area contributed by atoms with Gasteiger partial charge < -0.3 is 20.1 Å². The van der Waals surface area contributed by atoms with E-state index in [1.165, 1.54) is 0 Å². The van der Waals surface area contributed by atoms with E-state index in [0.717, 1.165) is 19.4 Å². The molecule has 0 aromatic heterocycles. The van der Waals surface area contributed by atoms with Crippen molar-refractivity contribution in [2.45, 2.75) is 25.9 Å². The first-order valence-electron chi connectivity index (χ1n) is 9.30. The Hall–Kier alpha value is -2.38. The molecule has 1 heterocycles. The van der Waals surface area contributed by atoms with Crippen LogP contribution in [0.3, 0.4) is 0 Å². The summed E-state index contributed by atoms with van der Waals surface area (Å²) >= 11 is 3.46. The van der Waals surface area contributed by atoms with Crippen LogP contribution in [0.25, 0.3) is 0 Å². The maximum absolute atomic E-state index is 12.5. The third kappa shape index (κ3) is 5.33. The van der Waals surface area contributed by atoms with Gasteiger partial charge in [-0.1, -0.05) is 0 Å². The molecule has 1 saturated heterocycles. The Balaban J connectivity index is 1.59. The number of hydrogen-bond donors (Lipinski definition) is 2. The smallest absolute Gasteiger partial charge is 0.255 e. The van der Waals surface area contributed by atoms with Crippen LogP contribution in [0.2, 0.25) is 0 Å². The van der Waals surface area contributed by atoms with E-state index in [4.69, 9.17) is 9.47 Å². The zero-order valence-electron chi connectivity index (χ0n) is 15.7. The molecular formula is C21H23BrN2O4. The number of rotatable bonds is 7. The second kappa shape index (κ2) is 9.71. The molecule has 0 aliphatic carbocycles. The summed E-state index contributed by atoms with van der Waals surface area (Å²) in [5, 5.41) is 5.56. The number of carbonyl (C=O) groups is 2. The lowest BCUT2D eigenvalue weighted by atomic mass is 10.1. The van der Waals surface area contributed by atoms with Crippen molar-refractivity contribution in [2.75, 3.05) is 25.1 Å². The number of anilines is 1. The monoisotopic (exact) mass is 446 g/mol. The van der Waals surface area contributed by atoms with E-state index in [9.17, 15) is 9.59 Å². The average Bonchev–Trinajstić information content (AvgIpc) is 3.21. The first kappa shape index (κ1) is 20.4. The summed E-state index contributed by atoms with van der Waals surface area (Å²) in [5.41, 5.74) is 1.67. The van der Waals surface area contributed by atoms with E-state index >= 15 is 0 Å². The maximum Gasteiger partial charge on any atom is 0.255 e. The molecule has 1 atom stereocenters. The minimum Gasteiger partial charge on any atom is -0.490 e. The van der Waals surface area contributed by atoms with Crippen molar-refractivity contribution in [3.8, 4) is 5.75 Å². The van der Waals surface area contributed by atoms with Gasteiger partial charge in [-0.05, 0) is 78.2 Å². The Labute approximate surface area is 172 Å². The summed E-state index contributed by atoms with van der Waals surface area (Å²) in [5.74, 6) is 0.304. The van der Waals surface area contributed by atoms with Crippen molar-refractivity contribution >= 4 is 33.4 Å². The van der Waals surface area contributed by atoms with Crippen LogP contribution < -0.4 is 15.4 Å². The second-order valence-electron chi connectivity index (χ2n) is 6.48. The fourth-order valence-corrected chi connectivity index (χ4v) is 3.38. The number of nitrogens with one attached hydrogen (secondary N) is 2. The van der Waals surface area contributed by atoms with Gasteiger partial charge in [0.1, 0.15) is 12.4 Å². The van der Waals surface area contributed by atoms with Crippen molar-refractivity contribution in [1.82, 2.24) is 5.32 Å². The Morgan fingerprint density at radius 1 is 1.14 bits per heavy atom. The fourth-order valence-electron chi connectivity index (χ4n) is 2.89. The highest BCUT2D eigenvalue weighted by Crippen LogP contribution is 2.27. The third-order valence-electron chi connectivity index (χ3n) is 4.39. The second-order valence-corrected chi connectivity index (χ2v) is 7.34. The quantitative estimate of drug-likeness (QED) is 0.673. The molecule has 0 radical (unpaired) electrons. The molecule has 1 unspecified atom stereocenters. The highest BCUT2D eigenvalue weighted by molar-refractivity contribution is 9.10. The lowest BCUT2D eigenvalue weighted by molar-refractivity contribution is 0.0677. The zero-order chi connectivity index (χ0) is 19.9. The van der Waals surface area contributed by atoms with Gasteiger partial charge in [-0.25, -0.2) is 0 Å². The minimum atomic E-state index is -0.239. The van der Waals surface area contributed by atoms with E-state index in [1.807, 2.05) is 6.92 Å². The fraction of sp³-hybridized carbons (Fsp3) is 0.333. The predicted molar refractivity (Wildman–Crippen MR) is 111 cm³/mol. The average molecular weight is 447 g/mol. The molecule has 0 spiro atoms. The van der Waals surface area contributed by atoms with Crippen molar-refractivity contribution in [1.29, 1.82) is 0 Å². The van der Waals surface area contributed by atoms with Gasteiger partial charge in [0.25, 0.3) is 11.8 Å². The van der Waals surface area contributed by atoms with E-state index in [1.54, 1.807) is 42.5 Å². The van der Waals surface area contributed by atoms with Crippen LogP contribution in [-0.4, -0.2) is 37.7 Å². The first-order valence-corrected chi connectivity index (χ1v) is 10.1. The SMILES string of the molecule is CCNC(=O)c1ccc(NC(=O)c2ccc(OCC3CCCO3)c(Br)c2)cc1. The first-order chi connectivity index (χ1) is 13.6. The Bertz CT molecular complexity index is 833. The molecule has 1 aliphatic rings. The lowest BCUT2D eigenvalue weighted by Crippen LogP contribution is -2.22. The van der Waals surface area contributed by atoms with E-state index in [-0.39, 0.29) is 17.9 Å². The van der Waals surface area contributed by atoms with Crippen molar-refractivity contribution in [3.63, 3.8) is 0 Å². The van der Waals surface area contributed by atoms with Gasteiger partial charge in [0.15, 0.2) is 0 Å². The standard InChI is InChI=1S/C21H23BrN2O4/c1-2-23-20(25)14-5-8-16(9-6-14)24-21(26)15-7-10-19(18(22)12-15)28-13-17-4-3-11-27-17/h5-10,12,17H,2-4,11,13H2,1H3,(H,23,25)(H,24,26). The normalized spacial score (nSPS) is 15.9. The van der Waals surface area contributed by atoms with Gasteiger partial charge in [0.2, 0.25) is 0 Å². The molecule has 148 valence electrons. The van der Waals surface area contributed by atoms with Crippen LogP contribution in [0.4, 0.5) is 5.69 Å². The Kier molecular flexibility index (Phi) is 7.06. The number of ether oxygens (including phenoxy) is 2. The third-order valence-corrected chi connectivity index (χ3v) is 5.00. The van der Waals surface area contributed by atoms with Gasteiger partial charge >= 0.3 is 0 Å². The molecule has 1 aliphatic heterocycles. The van der Waals surface area contributed by atoms with Gasteiger partial charge in [-0.3, -0.25) is 9.59 Å². The summed E-state index contributed by atoms with van der Waals surface area (Å²) in [4.78, 5) is 24.3. The van der Waals surface area contributed by atoms with Crippen LogP contribution in [-0.2, 0) is 4.74 Å². The number of halogens is 1. The zero-order valence-corrected chi connectivity index (χ0v) is 17.3. The predicted octanol–water partition coefficient (Wildman–Crippen LogP) is 4.01. The van der Waals surface area contributed by atoms with Crippen LogP contribution in [0.1, 0.15) is 40.5 Å². The molecule has 0 bridgehead atoms. The summed E-state index contributed by atoms with van der Waals surface area (Å²) < 4.78 is 12.1. The number of hydrogen-bond acceptors (Lipinski definition) is 4. The van der Waals surface area contributed by atoms with Crippen molar-refractivity contribution in [3.05, 3.63) is 58.1 Å². The highest BCUT2D eigenvalue weighted by atomic mass is 79.9. The largest absolute Gasteiger partial charge is 0.490 e. The van der Waals surface area contributed by atoms with Gasteiger partial charge in [-0.2, -0.15) is 0 Å². The van der Waals surface area contributed by atoms with E-state index < -0.39 is 0 Å². The Morgan fingerprint density at radius 2 is 1.89 bits per heavy atom. The van der Waals surface area contributed by atoms with Crippen molar-refractivity contribution in [2.24, 2.45) is 0 Å². The summed E-state index contributed by atoms with van der Waals surface area (Å²) in [7, 11) is 0. The number of amides is 2. The molecule has 3 rings (SSSR count). The van der Waals surface area contributed by atoms with Crippen LogP contribution >= 0.6 is 15.9 Å². The molecule has 1 fully saturated rings. The summed E-state index contributed by atoms with van der Waals surface area (Å²) in [6, 6.07) is 12.0. The molecule has 7 heteroatoms. The van der Waals surface area contributed by atoms with Crippen molar-refractivity contribution < 1.29 is 19.1 Å². The summed E-state index contributed by atoms with van der Waals surface area (Å²) in [6.07, 6.45) is 2.22. The molecule has 0 saturated carbocycles. The van der Waals surface area contributed by atoms with Gasteiger partial charge in [0, 0.05) is 30.0 Å². The van der Waals surface area contributed by atoms with Crippen LogP contribution in [0.15, 0.2) is 46.9 Å². The van der Waals surface area contributed by atoms with E-state index in [2.05, 4.69) is 26.6 Å². The Morgan fingerprint density at radius 3 is 2.54 bits per heavy atom. The molecule has 2 aromatic carbocycles. The molecule has 28 heavy (non-hydrogen) atoms. The molecule has 2 aromatic rings. The van der Waals surface area contributed by atoms with E-state index in [0.29, 0.717) is 40.2 Å². The topological polar surface area (TPSA) is 76.7 Å². The number of carbonyl (C=O) groups excluding carboxylic acids is 2. The molecule has 2 N–H and O–H groups in total. The lowest BCUT2D eigenvalue weighted by Gasteiger charge is -2.13. The van der Waals surface area contributed by atoms with Crippen LogP contribution in [0, 0.1) is 0 Å². The van der Waals surface area contributed by atoms with Gasteiger partial charge in [-0.15, -0.1) is 0 Å². The summed E-state index contributed by atoms with van der Waals surface area (Å²) in [6.45, 7) is 3.73. The van der Waals surface area contributed by atoms with Gasteiger partial charge in [0.05, 0.1) is 10.6 Å². The highest BCUT2D eigenvalue weighted by Gasteiger charge is 2.17. The molecule has 2 amide bonds. The minimum absolute atomic E-state index is 0.136. The van der Waals surface area contributed by atoms with Crippen LogP contribution in [0.5, 0.6) is 5.75 Å².